The number of nitrogens with zero attached hydrogens (tertiary/aromatic N) is 2. The Balaban J connectivity index is 0.000000318. The first-order valence-electron chi connectivity index (χ1n) is 10.7. The predicted octanol–water partition coefficient (Wildman–Crippen LogP) is 2.15. The predicted molar refractivity (Wildman–Crippen MR) is 101 cm³/mol. The second-order valence-electron chi connectivity index (χ2n) is 8.82. The van der Waals surface area contributed by atoms with E-state index in [9.17, 15) is 18.0 Å². The van der Waals surface area contributed by atoms with Gasteiger partial charge in [0.25, 0.3) is 0 Å². The van der Waals surface area contributed by atoms with E-state index in [4.69, 9.17) is 19.4 Å². The van der Waals surface area contributed by atoms with Gasteiger partial charge in [-0.25, -0.2) is 4.79 Å². The smallest absolute Gasteiger partial charge is 0.475 e. The number of halogens is 3. The van der Waals surface area contributed by atoms with Gasteiger partial charge in [0.2, 0.25) is 5.91 Å². The number of piperidine rings is 1. The van der Waals surface area contributed by atoms with Gasteiger partial charge in [0, 0.05) is 44.7 Å². The summed E-state index contributed by atoms with van der Waals surface area (Å²) in [5.41, 5.74) is 0.123. The highest BCUT2D eigenvalue weighted by atomic mass is 19.4. The zero-order chi connectivity index (χ0) is 21.8. The fraction of sp³-hybridized carbons (Fsp3) is 0.900. The van der Waals surface area contributed by atoms with Crippen LogP contribution in [0.5, 0.6) is 0 Å². The van der Waals surface area contributed by atoms with E-state index in [1.165, 1.54) is 19.4 Å². The average Bonchev–Trinajstić information content (AvgIpc) is 3.17. The Kier molecular flexibility index (Phi) is 7.62. The zero-order valence-corrected chi connectivity index (χ0v) is 17.2. The number of ether oxygens (including phenoxy) is 2. The maximum atomic E-state index is 12.2. The Morgan fingerprint density at radius 2 is 1.80 bits per heavy atom. The molecule has 0 spiro atoms. The van der Waals surface area contributed by atoms with E-state index in [1.54, 1.807) is 0 Å². The Labute approximate surface area is 174 Å². The summed E-state index contributed by atoms with van der Waals surface area (Å²) in [6.07, 6.45) is 2.55. The van der Waals surface area contributed by atoms with Crippen LogP contribution in [-0.2, 0) is 19.1 Å². The van der Waals surface area contributed by atoms with Crippen LogP contribution in [0.3, 0.4) is 0 Å². The number of hydrogen-bond donors (Lipinski definition) is 1. The molecular formula is C20H31F3N2O5. The number of carbonyl (C=O) groups excluding carboxylic acids is 1. The number of alkyl halides is 3. The Hall–Kier alpha value is -1.39. The summed E-state index contributed by atoms with van der Waals surface area (Å²) in [6, 6.07) is 0. The molecule has 10 heteroatoms. The molecule has 0 aromatic heterocycles. The van der Waals surface area contributed by atoms with E-state index in [0.717, 1.165) is 64.4 Å². The van der Waals surface area contributed by atoms with Crippen molar-refractivity contribution in [3.8, 4) is 0 Å². The molecule has 1 aliphatic carbocycles. The van der Waals surface area contributed by atoms with Crippen LogP contribution in [-0.4, -0.2) is 91.6 Å². The van der Waals surface area contributed by atoms with Crippen LogP contribution in [0.2, 0.25) is 0 Å². The number of amides is 1. The van der Waals surface area contributed by atoms with Crippen LogP contribution in [0, 0.1) is 11.3 Å². The fourth-order valence-electron chi connectivity index (χ4n) is 4.57. The molecule has 4 rings (SSSR count). The topological polar surface area (TPSA) is 79.3 Å². The van der Waals surface area contributed by atoms with Gasteiger partial charge >= 0.3 is 12.1 Å². The molecule has 3 saturated heterocycles. The largest absolute Gasteiger partial charge is 0.490 e. The third-order valence-electron chi connectivity index (χ3n) is 6.38. The molecule has 3 aliphatic heterocycles. The molecule has 0 aromatic carbocycles. The van der Waals surface area contributed by atoms with E-state index < -0.39 is 12.1 Å². The van der Waals surface area contributed by atoms with Crippen LogP contribution in [0.4, 0.5) is 13.2 Å². The number of carboxylic acids is 1. The van der Waals surface area contributed by atoms with Crippen molar-refractivity contribution in [3.63, 3.8) is 0 Å². The zero-order valence-electron chi connectivity index (χ0n) is 17.2. The molecule has 4 aliphatic rings. The molecule has 1 saturated carbocycles. The minimum Gasteiger partial charge on any atom is -0.475 e. The maximum absolute atomic E-state index is 12.2. The van der Waals surface area contributed by atoms with Gasteiger partial charge < -0.3 is 24.4 Å². The van der Waals surface area contributed by atoms with Crippen molar-refractivity contribution in [3.05, 3.63) is 0 Å². The number of hydrogen-bond acceptors (Lipinski definition) is 5. The number of aliphatic carboxylic acids is 1. The highest BCUT2D eigenvalue weighted by Gasteiger charge is 2.48. The molecule has 172 valence electrons. The number of carboxylic acid groups (broad SMARTS) is 1. The molecule has 4 fully saturated rings. The van der Waals surface area contributed by atoms with Gasteiger partial charge in [-0.15, -0.1) is 0 Å². The standard InChI is InChI=1S/C18H30N2O3.C2HF3O2/c21-17(20-7-1-2-8-20)12-22-14-18-6-10-23-16(18)5-9-19(13-18)11-15-3-4-15;3-2(4,5)1(6)7/h15-16H,1-14H2;(H,6,7)/t16-,18+;/m1./s1. The molecule has 3 heterocycles. The summed E-state index contributed by atoms with van der Waals surface area (Å²) in [5, 5.41) is 7.12. The Bertz CT molecular complexity index is 608. The van der Waals surface area contributed by atoms with Gasteiger partial charge in [0.05, 0.1) is 12.7 Å². The first-order chi connectivity index (χ1) is 14.2. The normalized spacial score (nSPS) is 29.3. The van der Waals surface area contributed by atoms with Crippen LogP contribution in [0.15, 0.2) is 0 Å². The van der Waals surface area contributed by atoms with Crippen LogP contribution in [0.25, 0.3) is 0 Å². The number of likely N-dealkylation sites (tertiary alicyclic amines) is 2. The van der Waals surface area contributed by atoms with Crippen molar-refractivity contribution in [2.24, 2.45) is 11.3 Å². The van der Waals surface area contributed by atoms with Crippen LogP contribution < -0.4 is 0 Å². The molecule has 2 atom stereocenters. The summed E-state index contributed by atoms with van der Waals surface area (Å²) >= 11 is 0. The molecule has 1 N–H and O–H groups in total. The van der Waals surface area contributed by atoms with Gasteiger partial charge in [-0.1, -0.05) is 0 Å². The van der Waals surface area contributed by atoms with Crippen molar-refractivity contribution in [2.45, 2.75) is 50.8 Å². The van der Waals surface area contributed by atoms with E-state index in [-0.39, 0.29) is 17.9 Å². The van der Waals surface area contributed by atoms with Gasteiger partial charge in [-0.3, -0.25) is 4.79 Å². The van der Waals surface area contributed by atoms with Crippen molar-refractivity contribution in [2.75, 3.05) is 52.5 Å². The van der Waals surface area contributed by atoms with E-state index in [0.29, 0.717) is 12.7 Å². The number of fused-ring (bicyclic) bond motifs is 1. The highest BCUT2D eigenvalue weighted by molar-refractivity contribution is 5.77. The van der Waals surface area contributed by atoms with Crippen LogP contribution >= 0.6 is 0 Å². The van der Waals surface area contributed by atoms with Crippen molar-refractivity contribution >= 4 is 11.9 Å². The lowest BCUT2D eigenvalue weighted by Crippen LogP contribution is -2.52. The quantitative estimate of drug-likeness (QED) is 0.688. The molecule has 30 heavy (non-hydrogen) atoms. The third-order valence-corrected chi connectivity index (χ3v) is 6.38. The first kappa shape index (κ1) is 23.3. The molecular weight excluding hydrogens is 405 g/mol. The van der Waals surface area contributed by atoms with Crippen LogP contribution in [0.1, 0.15) is 38.5 Å². The summed E-state index contributed by atoms with van der Waals surface area (Å²) in [7, 11) is 0. The minimum absolute atomic E-state index is 0.123. The number of rotatable bonds is 6. The van der Waals surface area contributed by atoms with Gasteiger partial charge in [0.15, 0.2) is 0 Å². The molecule has 7 nitrogen and oxygen atoms in total. The molecule has 0 bridgehead atoms. The van der Waals surface area contributed by atoms with Gasteiger partial charge in [-0.05, 0) is 44.4 Å². The monoisotopic (exact) mass is 436 g/mol. The van der Waals surface area contributed by atoms with Crippen molar-refractivity contribution in [1.29, 1.82) is 0 Å². The Morgan fingerprint density at radius 3 is 2.40 bits per heavy atom. The third kappa shape index (κ3) is 6.31. The SMILES string of the molecule is O=C(COC[C@@]12CCO[C@@H]1CCN(CC1CC1)C2)N1CCCC1.O=C(O)C(F)(F)F. The first-order valence-corrected chi connectivity index (χ1v) is 10.7. The second-order valence-corrected chi connectivity index (χ2v) is 8.82. The lowest BCUT2D eigenvalue weighted by atomic mass is 9.77. The highest BCUT2D eigenvalue weighted by Crippen LogP contribution is 2.42. The summed E-state index contributed by atoms with van der Waals surface area (Å²) < 4.78 is 43.6. The van der Waals surface area contributed by atoms with E-state index in [2.05, 4.69) is 4.90 Å². The molecule has 0 unspecified atom stereocenters. The van der Waals surface area contributed by atoms with E-state index >= 15 is 0 Å². The maximum Gasteiger partial charge on any atom is 0.490 e. The molecule has 1 amide bonds. The Morgan fingerprint density at radius 1 is 1.13 bits per heavy atom. The van der Waals surface area contributed by atoms with E-state index in [1.807, 2.05) is 4.90 Å². The lowest BCUT2D eigenvalue weighted by Gasteiger charge is -2.43. The second kappa shape index (κ2) is 9.82. The van der Waals surface area contributed by atoms with Crippen molar-refractivity contribution < 1.29 is 37.3 Å². The lowest BCUT2D eigenvalue weighted by molar-refractivity contribution is -0.192. The fourth-order valence-corrected chi connectivity index (χ4v) is 4.57. The summed E-state index contributed by atoms with van der Waals surface area (Å²) in [6.45, 7) is 7.10. The van der Waals surface area contributed by atoms with Gasteiger partial charge in [-0.2, -0.15) is 13.2 Å². The number of carbonyl (C=O) groups is 2. The molecule has 0 aromatic rings. The summed E-state index contributed by atoms with van der Waals surface area (Å²) in [4.78, 5) is 25.6. The minimum atomic E-state index is -5.08. The van der Waals surface area contributed by atoms with Gasteiger partial charge in [0.1, 0.15) is 6.61 Å². The molecule has 0 radical (unpaired) electrons. The average molecular weight is 436 g/mol. The van der Waals surface area contributed by atoms with Crippen molar-refractivity contribution in [1.82, 2.24) is 9.80 Å². The summed E-state index contributed by atoms with van der Waals surface area (Å²) in [5.74, 6) is -1.66.